The van der Waals surface area contributed by atoms with Crippen molar-refractivity contribution >= 4 is 16.9 Å². The molecule has 0 radical (unpaired) electrons. The first-order valence-corrected chi connectivity index (χ1v) is 9.32. The number of fused-ring (bicyclic) bond motifs is 1. The number of likely N-dealkylation sites (N-methyl/N-ethyl adjacent to an activating group) is 1. The van der Waals surface area contributed by atoms with Gasteiger partial charge in [0.15, 0.2) is 0 Å². The van der Waals surface area contributed by atoms with Crippen LogP contribution in [0.25, 0.3) is 10.9 Å². The van der Waals surface area contributed by atoms with Crippen molar-refractivity contribution in [1.29, 1.82) is 0 Å². The second-order valence-electron chi connectivity index (χ2n) is 7.14. The Morgan fingerprint density at radius 1 is 1.14 bits per heavy atom. The predicted octanol–water partition coefficient (Wildman–Crippen LogP) is 1.82. The fourth-order valence-electron chi connectivity index (χ4n) is 3.62. The van der Waals surface area contributed by atoms with E-state index < -0.39 is 17.8 Å². The summed E-state index contributed by atoms with van der Waals surface area (Å²) in [5.41, 5.74) is 0.377. The average molecular weight is 397 g/mol. The number of carbonyl (C=O) groups is 1. The molecule has 29 heavy (non-hydrogen) atoms. The Kier molecular flexibility index (Phi) is 5.02. The first kappa shape index (κ1) is 19.1. The largest absolute Gasteiger partial charge is 0.456 e. The topological polar surface area (TPSA) is 84.4 Å². The number of aromatic amines is 1. The lowest BCUT2D eigenvalue weighted by molar-refractivity contribution is -0.145. The molecule has 7 nitrogen and oxygen atoms in total. The lowest BCUT2D eigenvalue weighted by atomic mass is 10.0. The molecule has 0 aliphatic carbocycles. The van der Waals surface area contributed by atoms with Gasteiger partial charge in [0.2, 0.25) is 0 Å². The number of esters is 1. The summed E-state index contributed by atoms with van der Waals surface area (Å²) in [5, 5.41) is 0.436. The van der Waals surface area contributed by atoms with Crippen LogP contribution in [-0.4, -0.2) is 40.1 Å². The molecular weight excluding hydrogens is 377 g/mol. The molecule has 1 saturated heterocycles. The van der Waals surface area contributed by atoms with Crippen LogP contribution in [0.5, 0.6) is 0 Å². The SMILES string of the molecule is CN(CCn1c(=O)[nH]c2ccccc2c1=O)C1CC(c2ccc(F)cc2)OC1=O. The number of rotatable bonds is 5. The van der Waals surface area contributed by atoms with Crippen LogP contribution in [0.1, 0.15) is 18.1 Å². The zero-order valence-corrected chi connectivity index (χ0v) is 15.8. The monoisotopic (exact) mass is 397 g/mol. The van der Waals surface area contributed by atoms with Crippen molar-refractivity contribution in [2.24, 2.45) is 0 Å². The molecule has 4 rings (SSSR count). The first-order valence-electron chi connectivity index (χ1n) is 9.32. The van der Waals surface area contributed by atoms with Crippen LogP contribution >= 0.6 is 0 Å². The third-order valence-corrected chi connectivity index (χ3v) is 5.31. The maximum absolute atomic E-state index is 13.1. The van der Waals surface area contributed by atoms with Crippen molar-refractivity contribution in [3.8, 4) is 0 Å². The molecule has 2 atom stereocenters. The molecule has 3 aromatic rings. The van der Waals surface area contributed by atoms with Crippen LogP contribution in [0.2, 0.25) is 0 Å². The normalized spacial score (nSPS) is 19.1. The van der Waals surface area contributed by atoms with E-state index >= 15 is 0 Å². The maximum atomic E-state index is 13.1. The molecular formula is C21H20FN3O4. The number of aromatic nitrogens is 2. The third-order valence-electron chi connectivity index (χ3n) is 5.31. The Hall–Kier alpha value is -3.26. The van der Waals surface area contributed by atoms with E-state index in [0.29, 0.717) is 23.9 Å². The van der Waals surface area contributed by atoms with Gasteiger partial charge in [-0.2, -0.15) is 0 Å². The molecule has 1 aromatic heterocycles. The summed E-state index contributed by atoms with van der Waals surface area (Å²) >= 11 is 0. The number of hydrogen-bond donors (Lipinski definition) is 1. The zero-order chi connectivity index (χ0) is 20.5. The van der Waals surface area contributed by atoms with Crippen molar-refractivity contribution in [3.05, 3.63) is 80.7 Å². The molecule has 1 fully saturated rings. The summed E-state index contributed by atoms with van der Waals surface area (Å²) in [6.07, 6.45) is -0.0217. The molecule has 0 saturated carbocycles. The van der Waals surface area contributed by atoms with Crippen molar-refractivity contribution in [1.82, 2.24) is 14.5 Å². The summed E-state index contributed by atoms with van der Waals surface area (Å²) in [5.74, 6) is -0.723. The van der Waals surface area contributed by atoms with Crippen molar-refractivity contribution in [2.45, 2.75) is 25.1 Å². The van der Waals surface area contributed by atoms with Crippen LogP contribution in [0.3, 0.4) is 0 Å². The molecule has 150 valence electrons. The van der Waals surface area contributed by atoms with Crippen LogP contribution in [0.15, 0.2) is 58.1 Å². The standard InChI is InChI=1S/C21H20FN3O4/c1-24(17-12-18(29-20(17)27)13-6-8-14(22)9-7-13)10-11-25-19(26)15-4-2-3-5-16(15)23-21(25)28/h2-9,17-18H,10-12H2,1H3,(H,23,28). The number of cyclic esters (lactones) is 1. The Bertz CT molecular complexity index is 1170. The Morgan fingerprint density at radius 2 is 1.86 bits per heavy atom. The van der Waals surface area contributed by atoms with Gasteiger partial charge in [-0.1, -0.05) is 24.3 Å². The fraction of sp³-hybridized carbons (Fsp3) is 0.286. The van der Waals surface area contributed by atoms with Gasteiger partial charge in [0.1, 0.15) is 18.0 Å². The number of para-hydroxylation sites is 1. The molecule has 2 unspecified atom stereocenters. The number of nitrogens with one attached hydrogen (secondary N) is 1. The van der Waals surface area contributed by atoms with Crippen molar-refractivity contribution < 1.29 is 13.9 Å². The second kappa shape index (κ2) is 7.63. The lowest BCUT2D eigenvalue weighted by Gasteiger charge is -2.21. The number of benzene rings is 2. The van der Waals surface area contributed by atoms with Crippen molar-refractivity contribution in [3.63, 3.8) is 0 Å². The van der Waals surface area contributed by atoms with E-state index in [1.54, 1.807) is 48.3 Å². The van der Waals surface area contributed by atoms with Crippen LogP contribution in [0.4, 0.5) is 4.39 Å². The minimum absolute atomic E-state index is 0.139. The summed E-state index contributed by atoms with van der Waals surface area (Å²) in [4.78, 5) is 41.7. The Labute approximate surface area is 165 Å². The molecule has 1 aliphatic heterocycles. The quantitative estimate of drug-likeness (QED) is 0.664. The van der Waals surface area contributed by atoms with E-state index in [0.717, 1.165) is 10.1 Å². The smallest absolute Gasteiger partial charge is 0.328 e. The zero-order valence-electron chi connectivity index (χ0n) is 15.8. The van der Waals surface area contributed by atoms with Gasteiger partial charge < -0.3 is 9.72 Å². The second-order valence-corrected chi connectivity index (χ2v) is 7.14. The maximum Gasteiger partial charge on any atom is 0.328 e. The summed E-state index contributed by atoms with van der Waals surface area (Å²) in [6, 6.07) is 12.2. The van der Waals surface area contributed by atoms with Crippen LogP contribution < -0.4 is 11.2 Å². The van der Waals surface area contributed by atoms with E-state index in [2.05, 4.69) is 4.98 Å². The van der Waals surface area contributed by atoms with E-state index in [-0.39, 0.29) is 23.9 Å². The fourth-order valence-corrected chi connectivity index (χ4v) is 3.62. The molecule has 0 amide bonds. The molecule has 0 spiro atoms. The molecule has 2 aromatic carbocycles. The van der Waals surface area contributed by atoms with Gasteiger partial charge in [0, 0.05) is 19.5 Å². The van der Waals surface area contributed by atoms with E-state index in [1.165, 1.54) is 12.1 Å². The number of H-pyrrole nitrogens is 1. The van der Waals surface area contributed by atoms with Gasteiger partial charge in [-0.05, 0) is 36.9 Å². The highest BCUT2D eigenvalue weighted by Crippen LogP contribution is 2.31. The Balaban J connectivity index is 1.47. The highest BCUT2D eigenvalue weighted by molar-refractivity contribution is 5.78. The summed E-state index contributed by atoms with van der Waals surface area (Å²) in [6.45, 7) is 0.456. The summed E-state index contributed by atoms with van der Waals surface area (Å²) in [7, 11) is 1.75. The predicted molar refractivity (Wildman–Crippen MR) is 105 cm³/mol. The minimum Gasteiger partial charge on any atom is -0.456 e. The van der Waals surface area contributed by atoms with Crippen LogP contribution in [0, 0.1) is 5.82 Å². The van der Waals surface area contributed by atoms with Gasteiger partial charge in [-0.15, -0.1) is 0 Å². The molecule has 1 aliphatic rings. The number of ether oxygens (including phenoxy) is 1. The van der Waals surface area contributed by atoms with E-state index in [4.69, 9.17) is 4.74 Å². The highest BCUT2D eigenvalue weighted by atomic mass is 19.1. The molecule has 8 heteroatoms. The number of hydrogen-bond acceptors (Lipinski definition) is 5. The first-order chi connectivity index (χ1) is 13.9. The molecule has 2 heterocycles. The highest BCUT2D eigenvalue weighted by Gasteiger charge is 2.37. The number of nitrogens with zero attached hydrogens (tertiary/aromatic N) is 2. The van der Waals surface area contributed by atoms with E-state index in [9.17, 15) is 18.8 Å². The van der Waals surface area contributed by atoms with Crippen molar-refractivity contribution in [2.75, 3.05) is 13.6 Å². The lowest BCUT2D eigenvalue weighted by Crippen LogP contribution is -2.42. The van der Waals surface area contributed by atoms with Crippen LogP contribution in [-0.2, 0) is 16.1 Å². The number of carbonyl (C=O) groups excluding carboxylic acids is 1. The molecule has 0 bridgehead atoms. The van der Waals surface area contributed by atoms with Gasteiger partial charge >= 0.3 is 11.7 Å². The van der Waals surface area contributed by atoms with Gasteiger partial charge in [-0.3, -0.25) is 19.1 Å². The minimum atomic E-state index is -0.500. The van der Waals surface area contributed by atoms with Gasteiger partial charge in [-0.25, -0.2) is 9.18 Å². The van der Waals surface area contributed by atoms with Gasteiger partial charge in [0.05, 0.1) is 10.9 Å². The van der Waals surface area contributed by atoms with Gasteiger partial charge in [0.25, 0.3) is 5.56 Å². The third kappa shape index (κ3) is 3.71. The average Bonchev–Trinajstić information content (AvgIpc) is 3.10. The number of halogens is 1. The summed E-state index contributed by atoms with van der Waals surface area (Å²) < 4.78 is 19.7. The van der Waals surface area contributed by atoms with E-state index in [1.807, 2.05) is 0 Å². The molecule has 1 N–H and O–H groups in total. The Morgan fingerprint density at radius 3 is 2.62 bits per heavy atom.